The molecule has 1 fully saturated rings. The predicted octanol–water partition coefficient (Wildman–Crippen LogP) is 1.89. The standard InChI is InChI=1S/C16H31N3O3/c1-7-19(6)14(20)11(2)17-12-8-9-13(10-12)18-15(21)22-16(3,4)5/h11-13,17H,7-10H2,1-6H3,(H,18,21). The molecule has 1 rings (SSSR count). The molecule has 0 radical (unpaired) electrons. The molecule has 0 aromatic heterocycles. The van der Waals surface area contributed by atoms with Gasteiger partial charge in [0.25, 0.3) is 0 Å². The molecule has 1 aliphatic rings. The van der Waals surface area contributed by atoms with E-state index in [9.17, 15) is 9.59 Å². The Bertz CT molecular complexity index is 393. The minimum absolute atomic E-state index is 0.103. The summed E-state index contributed by atoms with van der Waals surface area (Å²) in [5.74, 6) is 0.103. The van der Waals surface area contributed by atoms with Crippen molar-refractivity contribution in [2.75, 3.05) is 13.6 Å². The van der Waals surface area contributed by atoms with Crippen molar-refractivity contribution in [1.29, 1.82) is 0 Å². The van der Waals surface area contributed by atoms with Gasteiger partial charge in [0.1, 0.15) is 5.60 Å². The van der Waals surface area contributed by atoms with E-state index >= 15 is 0 Å². The van der Waals surface area contributed by atoms with Gasteiger partial charge in [-0.3, -0.25) is 4.79 Å². The minimum Gasteiger partial charge on any atom is -0.444 e. The highest BCUT2D eigenvalue weighted by atomic mass is 16.6. The van der Waals surface area contributed by atoms with Gasteiger partial charge in [0, 0.05) is 25.7 Å². The highest BCUT2D eigenvalue weighted by molar-refractivity contribution is 5.81. The maximum atomic E-state index is 12.1. The molecule has 1 saturated carbocycles. The first kappa shape index (κ1) is 18.7. The van der Waals surface area contributed by atoms with E-state index in [1.165, 1.54) is 0 Å². The van der Waals surface area contributed by atoms with Gasteiger partial charge in [-0.25, -0.2) is 4.79 Å². The van der Waals surface area contributed by atoms with Gasteiger partial charge in [-0.2, -0.15) is 0 Å². The Hall–Kier alpha value is -1.30. The zero-order valence-corrected chi connectivity index (χ0v) is 14.7. The first-order valence-corrected chi connectivity index (χ1v) is 8.13. The average molecular weight is 313 g/mol. The molecule has 2 N–H and O–H groups in total. The van der Waals surface area contributed by atoms with Crippen LogP contribution in [-0.2, 0) is 9.53 Å². The summed E-state index contributed by atoms with van der Waals surface area (Å²) in [5, 5.41) is 6.27. The van der Waals surface area contributed by atoms with Crippen molar-refractivity contribution in [3.63, 3.8) is 0 Å². The van der Waals surface area contributed by atoms with Gasteiger partial charge in [-0.15, -0.1) is 0 Å². The van der Waals surface area contributed by atoms with Crippen LogP contribution >= 0.6 is 0 Å². The fourth-order valence-corrected chi connectivity index (χ4v) is 2.65. The molecule has 0 aliphatic heterocycles. The van der Waals surface area contributed by atoms with Gasteiger partial charge in [0.2, 0.25) is 5.91 Å². The summed E-state index contributed by atoms with van der Waals surface area (Å²) in [7, 11) is 1.81. The van der Waals surface area contributed by atoms with Gasteiger partial charge >= 0.3 is 6.09 Å². The van der Waals surface area contributed by atoms with Gasteiger partial charge in [-0.1, -0.05) is 0 Å². The Morgan fingerprint density at radius 2 is 1.86 bits per heavy atom. The van der Waals surface area contributed by atoms with Crippen LogP contribution in [0, 0.1) is 0 Å². The number of hydrogen-bond donors (Lipinski definition) is 2. The summed E-state index contributed by atoms with van der Waals surface area (Å²) in [4.78, 5) is 25.5. The molecule has 0 heterocycles. The predicted molar refractivity (Wildman–Crippen MR) is 86.7 cm³/mol. The van der Waals surface area contributed by atoms with E-state index in [4.69, 9.17) is 4.74 Å². The number of rotatable bonds is 5. The number of ether oxygens (including phenoxy) is 1. The van der Waals surface area contributed by atoms with Gasteiger partial charge < -0.3 is 20.3 Å². The first-order valence-electron chi connectivity index (χ1n) is 8.13. The number of carbonyl (C=O) groups excluding carboxylic acids is 2. The first-order chi connectivity index (χ1) is 10.1. The Balaban J connectivity index is 2.37. The molecule has 0 spiro atoms. The largest absolute Gasteiger partial charge is 0.444 e. The summed E-state index contributed by atoms with van der Waals surface area (Å²) in [6.45, 7) is 10.1. The highest BCUT2D eigenvalue weighted by Crippen LogP contribution is 2.20. The van der Waals surface area contributed by atoms with Crippen LogP contribution in [0.3, 0.4) is 0 Å². The van der Waals surface area contributed by atoms with E-state index in [1.807, 2.05) is 41.7 Å². The second-order valence-corrected chi connectivity index (χ2v) is 7.09. The van der Waals surface area contributed by atoms with Gasteiger partial charge in [-0.05, 0) is 53.9 Å². The quantitative estimate of drug-likeness (QED) is 0.813. The number of nitrogens with zero attached hydrogens (tertiary/aromatic N) is 1. The van der Waals surface area contributed by atoms with E-state index in [1.54, 1.807) is 4.90 Å². The van der Waals surface area contributed by atoms with E-state index in [0.717, 1.165) is 19.3 Å². The SMILES string of the molecule is CCN(C)C(=O)C(C)NC1CCC(NC(=O)OC(C)(C)C)C1. The molecule has 3 atom stereocenters. The molecule has 0 saturated heterocycles. The normalized spacial score (nSPS) is 23.0. The van der Waals surface area contributed by atoms with E-state index in [2.05, 4.69) is 10.6 Å². The van der Waals surface area contributed by atoms with Crippen LogP contribution < -0.4 is 10.6 Å². The highest BCUT2D eigenvalue weighted by Gasteiger charge is 2.29. The Morgan fingerprint density at radius 1 is 1.27 bits per heavy atom. The van der Waals surface area contributed by atoms with Crippen molar-refractivity contribution in [2.24, 2.45) is 0 Å². The summed E-state index contributed by atoms with van der Waals surface area (Å²) < 4.78 is 5.27. The molecule has 0 bridgehead atoms. The second-order valence-electron chi connectivity index (χ2n) is 7.09. The Kier molecular flexibility index (Phi) is 6.66. The Morgan fingerprint density at radius 3 is 2.41 bits per heavy atom. The average Bonchev–Trinajstić information content (AvgIpc) is 2.81. The van der Waals surface area contributed by atoms with Crippen LogP contribution in [0.5, 0.6) is 0 Å². The van der Waals surface area contributed by atoms with E-state index in [-0.39, 0.29) is 30.1 Å². The third-order valence-electron chi connectivity index (χ3n) is 3.86. The lowest BCUT2D eigenvalue weighted by Crippen LogP contribution is -2.47. The molecule has 6 heteroatoms. The molecule has 0 aromatic rings. The number of nitrogens with one attached hydrogen (secondary N) is 2. The van der Waals surface area contributed by atoms with E-state index < -0.39 is 5.60 Å². The maximum absolute atomic E-state index is 12.1. The van der Waals surface area contributed by atoms with Crippen LogP contribution in [0.4, 0.5) is 4.79 Å². The number of alkyl carbamates (subject to hydrolysis) is 1. The molecule has 22 heavy (non-hydrogen) atoms. The lowest BCUT2D eigenvalue weighted by Gasteiger charge is -2.24. The maximum Gasteiger partial charge on any atom is 0.407 e. The lowest BCUT2D eigenvalue weighted by molar-refractivity contribution is -0.131. The van der Waals surface area contributed by atoms with Crippen LogP contribution in [0.1, 0.15) is 53.9 Å². The zero-order chi connectivity index (χ0) is 16.9. The zero-order valence-electron chi connectivity index (χ0n) is 14.7. The van der Waals surface area contributed by atoms with Gasteiger partial charge in [0.05, 0.1) is 6.04 Å². The van der Waals surface area contributed by atoms with E-state index in [0.29, 0.717) is 6.54 Å². The third kappa shape index (κ3) is 6.22. The number of hydrogen-bond acceptors (Lipinski definition) is 4. The number of likely N-dealkylation sites (N-methyl/N-ethyl adjacent to an activating group) is 1. The molecule has 1 aliphatic carbocycles. The van der Waals surface area contributed by atoms with Crippen LogP contribution in [0.25, 0.3) is 0 Å². The van der Waals surface area contributed by atoms with Crippen molar-refractivity contribution in [3.8, 4) is 0 Å². The van der Waals surface area contributed by atoms with Crippen LogP contribution in [0.15, 0.2) is 0 Å². The molecule has 3 unspecified atom stereocenters. The smallest absolute Gasteiger partial charge is 0.407 e. The van der Waals surface area contributed by atoms with Crippen molar-refractivity contribution >= 4 is 12.0 Å². The second kappa shape index (κ2) is 7.81. The van der Waals surface area contributed by atoms with Crippen LogP contribution in [0.2, 0.25) is 0 Å². The lowest BCUT2D eigenvalue weighted by atomic mass is 10.2. The minimum atomic E-state index is -0.480. The molecule has 6 nitrogen and oxygen atoms in total. The summed E-state index contributed by atoms with van der Waals surface area (Å²) in [5.41, 5.74) is -0.480. The van der Waals surface area contributed by atoms with Crippen LogP contribution in [-0.4, -0.2) is 54.2 Å². The summed E-state index contributed by atoms with van der Waals surface area (Å²) in [6, 6.07) is 0.165. The molecular weight excluding hydrogens is 282 g/mol. The summed E-state index contributed by atoms with van der Waals surface area (Å²) >= 11 is 0. The van der Waals surface area contributed by atoms with Crippen molar-refractivity contribution in [3.05, 3.63) is 0 Å². The molecular formula is C16H31N3O3. The number of carbonyl (C=O) groups is 2. The van der Waals surface area contributed by atoms with Crippen molar-refractivity contribution in [2.45, 2.75) is 77.6 Å². The third-order valence-corrected chi connectivity index (χ3v) is 3.86. The summed E-state index contributed by atoms with van der Waals surface area (Å²) in [6.07, 6.45) is 2.32. The fraction of sp³-hybridized carbons (Fsp3) is 0.875. The Labute approximate surface area is 134 Å². The van der Waals surface area contributed by atoms with Crippen molar-refractivity contribution < 1.29 is 14.3 Å². The topological polar surface area (TPSA) is 70.7 Å². The van der Waals surface area contributed by atoms with Gasteiger partial charge in [0.15, 0.2) is 0 Å². The fourth-order valence-electron chi connectivity index (χ4n) is 2.65. The monoisotopic (exact) mass is 313 g/mol. The molecule has 2 amide bonds. The number of amides is 2. The molecule has 0 aromatic carbocycles. The van der Waals surface area contributed by atoms with Crippen molar-refractivity contribution in [1.82, 2.24) is 15.5 Å². The molecule has 128 valence electrons.